The Labute approximate surface area is 230 Å². The fourth-order valence-corrected chi connectivity index (χ4v) is 5.21. The van der Waals surface area contributed by atoms with E-state index in [-0.39, 0.29) is 17.8 Å². The van der Waals surface area contributed by atoms with Crippen molar-refractivity contribution in [2.24, 2.45) is 0 Å². The van der Waals surface area contributed by atoms with E-state index in [2.05, 4.69) is 15.1 Å². The molecule has 0 aliphatic carbocycles. The second-order valence-electron chi connectivity index (χ2n) is 9.69. The Hall–Kier alpha value is -4.43. The van der Waals surface area contributed by atoms with Crippen molar-refractivity contribution in [3.8, 4) is 33.6 Å². The summed E-state index contributed by atoms with van der Waals surface area (Å²) in [6, 6.07) is 19.5. The number of anilines is 1. The van der Waals surface area contributed by atoms with Gasteiger partial charge in [0.25, 0.3) is 5.91 Å². The standard InChI is InChI=1S/C30H26ClFN6O/c31-23-3-1-2-20(14-23)27-8-9-28(36-27)26-15-21(16-34-29(26)33)22-17-35-38(18-22)25-10-12-37(13-11-25)30(39)19-4-6-24(32)7-5-19/h1-9,14-18,25,36H,10-13H2,(H2,33,34). The van der Waals surface area contributed by atoms with Crippen molar-refractivity contribution in [1.82, 2.24) is 24.6 Å². The molecule has 9 heteroatoms. The fraction of sp³-hybridized carbons (Fsp3) is 0.167. The number of likely N-dealkylation sites (tertiary alicyclic amines) is 1. The average molecular weight is 541 g/mol. The number of nitrogens with zero attached hydrogens (tertiary/aromatic N) is 4. The van der Waals surface area contributed by atoms with Crippen molar-refractivity contribution in [3.05, 3.63) is 102 Å². The van der Waals surface area contributed by atoms with E-state index < -0.39 is 0 Å². The third-order valence-electron chi connectivity index (χ3n) is 7.18. The molecular formula is C30H26ClFN6O. The molecule has 0 spiro atoms. The first kappa shape index (κ1) is 24.9. The number of pyridine rings is 1. The molecule has 3 N–H and O–H groups in total. The van der Waals surface area contributed by atoms with Gasteiger partial charge in [0, 0.05) is 64.1 Å². The van der Waals surface area contributed by atoms with Crippen molar-refractivity contribution in [1.29, 1.82) is 0 Å². The van der Waals surface area contributed by atoms with Crippen LogP contribution >= 0.6 is 11.6 Å². The lowest BCUT2D eigenvalue weighted by Gasteiger charge is -2.32. The quantitative estimate of drug-likeness (QED) is 0.267. The summed E-state index contributed by atoms with van der Waals surface area (Å²) < 4.78 is 15.2. The number of piperidine rings is 1. The van der Waals surface area contributed by atoms with Gasteiger partial charge in [-0.15, -0.1) is 0 Å². The number of carbonyl (C=O) groups excluding carboxylic acids is 1. The van der Waals surface area contributed by atoms with Crippen LogP contribution < -0.4 is 5.73 Å². The largest absolute Gasteiger partial charge is 0.383 e. The number of hydrogen-bond donors (Lipinski definition) is 2. The number of nitrogens with one attached hydrogen (secondary N) is 1. The monoisotopic (exact) mass is 540 g/mol. The Bertz CT molecular complexity index is 1640. The van der Waals surface area contributed by atoms with Gasteiger partial charge in [0.1, 0.15) is 11.6 Å². The Morgan fingerprint density at radius 1 is 0.949 bits per heavy atom. The molecule has 4 heterocycles. The minimum Gasteiger partial charge on any atom is -0.383 e. The Morgan fingerprint density at radius 3 is 2.49 bits per heavy atom. The average Bonchev–Trinajstić information content (AvgIpc) is 3.65. The molecule has 3 aromatic heterocycles. The molecule has 1 fully saturated rings. The van der Waals surface area contributed by atoms with Crippen LogP contribution in [0, 0.1) is 5.82 Å². The molecule has 196 valence electrons. The van der Waals surface area contributed by atoms with E-state index in [1.165, 1.54) is 24.3 Å². The Kier molecular flexibility index (Phi) is 6.62. The number of rotatable bonds is 5. The van der Waals surface area contributed by atoms with Crippen molar-refractivity contribution >= 4 is 23.3 Å². The van der Waals surface area contributed by atoms with E-state index in [1.807, 2.05) is 64.4 Å². The van der Waals surface area contributed by atoms with Gasteiger partial charge in [-0.05, 0) is 73.0 Å². The van der Waals surface area contributed by atoms with Gasteiger partial charge in [-0.1, -0.05) is 23.7 Å². The second kappa shape index (κ2) is 10.4. The van der Waals surface area contributed by atoms with Crippen LogP contribution in [-0.2, 0) is 0 Å². The van der Waals surface area contributed by atoms with Crippen LogP contribution in [0.1, 0.15) is 29.2 Å². The van der Waals surface area contributed by atoms with Crippen LogP contribution in [0.2, 0.25) is 5.02 Å². The SMILES string of the molecule is Nc1ncc(-c2cnn(C3CCN(C(=O)c4ccc(F)cc4)CC3)c2)cc1-c1ccc(-c2cccc(Cl)c2)[nH]1. The first-order valence-electron chi connectivity index (χ1n) is 12.7. The summed E-state index contributed by atoms with van der Waals surface area (Å²) in [4.78, 5) is 22.5. The third-order valence-corrected chi connectivity index (χ3v) is 7.42. The highest BCUT2D eigenvalue weighted by Crippen LogP contribution is 2.32. The molecule has 6 rings (SSSR count). The van der Waals surface area contributed by atoms with Gasteiger partial charge < -0.3 is 15.6 Å². The number of carbonyl (C=O) groups is 1. The first-order valence-corrected chi connectivity index (χ1v) is 13.1. The van der Waals surface area contributed by atoms with Crippen molar-refractivity contribution in [3.63, 3.8) is 0 Å². The normalized spacial score (nSPS) is 14.1. The molecular weight excluding hydrogens is 515 g/mol. The van der Waals surface area contributed by atoms with Crippen molar-refractivity contribution in [2.45, 2.75) is 18.9 Å². The second-order valence-corrected chi connectivity index (χ2v) is 10.1. The number of aromatic nitrogens is 4. The first-order chi connectivity index (χ1) is 18.9. The lowest BCUT2D eigenvalue weighted by atomic mass is 10.0. The van der Waals surface area contributed by atoms with E-state index in [1.54, 1.807) is 6.20 Å². The summed E-state index contributed by atoms with van der Waals surface area (Å²) in [5, 5.41) is 5.30. The number of aromatic amines is 1. The zero-order valence-corrected chi connectivity index (χ0v) is 21.8. The maximum absolute atomic E-state index is 13.2. The number of nitrogens with two attached hydrogens (primary N) is 1. The summed E-state index contributed by atoms with van der Waals surface area (Å²) >= 11 is 6.16. The summed E-state index contributed by atoms with van der Waals surface area (Å²) in [6.45, 7) is 1.23. The Balaban J connectivity index is 1.16. The van der Waals surface area contributed by atoms with E-state index >= 15 is 0 Å². The predicted molar refractivity (Wildman–Crippen MR) is 151 cm³/mol. The van der Waals surface area contributed by atoms with Crippen LogP contribution in [0.25, 0.3) is 33.6 Å². The topological polar surface area (TPSA) is 92.8 Å². The van der Waals surface area contributed by atoms with Crippen LogP contribution in [0.15, 0.2) is 85.3 Å². The molecule has 5 aromatic rings. The maximum atomic E-state index is 13.2. The van der Waals surface area contributed by atoms with Gasteiger partial charge in [0.15, 0.2) is 0 Å². The zero-order chi connectivity index (χ0) is 26.9. The molecule has 1 aliphatic heterocycles. The van der Waals surface area contributed by atoms with E-state index in [9.17, 15) is 9.18 Å². The summed E-state index contributed by atoms with van der Waals surface area (Å²) in [6.07, 6.45) is 7.18. The van der Waals surface area contributed by atoms with E-state index in [0.717, 1.165) is 46.5 Å². The lowest BCUT2D eigenvalue weighted by molar-refractivity contribution is 0.0690. The van der Waals surface area contributed by atoms with E-state index in [4.69, 9.17) is 17.3 Å². The molecule has 1 amide bonds. The Morgan fingerprint density at radius 2 is 1.72 bits per heavy atom. The molecule has 1 aliphatic rings. The van der Waals surface area contributed by atoms with Crippen molar-refractivity contribution < 1.29 is 9.18 Å². The number of halogens is 2. The highest BCUT2D eigenvalue weighted by atomic mass is 35.5. The molecule has 1 saturated heterocycles. The van der Waals surface area contributed by atoms with Crippen LogP contribution in [0.4, 0.5) is 10.2 Å². The fourth-order valence-electron chi connectivity index (χ4n) is 5.02. The molecule has 7 nitrogen and oxygen atoms in total. The van der Waals surface area contributed by atoms with Crippen LogP contribution in [0.3, 0.4) is 0 Å². The van der Waals surface area contributed by atoms with Gasteiger partial charge in [-0.3, -0.25) is 9.48 Å². The minimum atomic E-state index is -0.349. The summed E-state index contributed by atoms with van der Waals surface area (Å²) in [7, 11) is 0. The number of nitrogen functional groups attached to an aromatic ring is 1. The van der Waals surface area contributed by atoms with E-state index in [0.29, 0.717) is 29.5 Å². The molecule has 39 heavy (non-hydrogen) atoms. The van der Waals surface area contributed by atoms with Crippen LogP contribution in [-0.4, -0.2) is 43.6 Å². The molecule has 0 radical (unpaired) electrons. The lowest BCUT2D eigenvalue weighted by Crippen LogP contribution is -2.39. The molecule has 0 saturated carbocycles. The number of amides is 1. The summed E-state index contributed by atoms with van der Waals surface area (Å²) in [5.74, 6) is 0.0140. The molecule has 0 unspecified atom stereocenters. The predicted octanol–water partition coefficient (Wildman–Crippen LogP) is 6.46. The summed E-state index contributed by atoms with van der Waals surface area (Å²) in [5.41, 5.74) is 12.2. The highest BCUT2D eigenvalue weighted by Gasteiger charge is 2.25. The van der Waals surface area contributed by atoms with Gasteiger partial charge in [-0.2, -0.15) is 5.10 Å². The number of benzene rings is 2. The third kappa shape index (κ3) is 5.15. The van der Waals surface area contributed by atoms with Gasteiger partial charge >= 0.3 is 0 Å². The van der Waals surface area contributed by atoms with Gasteiger partial charge in [0.05, 0.1) is 12.2 Å². The highest BCUT2D eigenvalue weighted by molar-refractivity contribution is 6.30. The van der Waals surface area contributed by atoms with Crippen molar-refractivity contribution in [2.75, 3.05) is 18.8 Å². The maximum Gasteiger partial charge on any atom is 0.253 e. The number of H-pyrrole nitrogens is 1. The minimum absolute atomic E-state index is 0.0714. The number of hydrogen-bond acceptors (Lipinski definition) is 4. The molecule has 0 atom stereocenters. The molecule has 2 aromatic carbocycles. The zero-order valence-electron chi connectivity index (χ0n) is 21.0. The molecule has 0 bridgehead atoms. The van der Waals surface area contributed by atoms with Crippen LogP contribution in [0.5, 0.6) is 0 Å². The van der Waals surface area contributed by atoms with Gasteiger partial charge in [-0.25, -0.2) is 9.37 Å². The smallest absolute Gasteiger partial charge is 0.253 e. The van der Waals surface area contributed by atoms with Gasteiger partial charge in [0.2, 0.25) is 0 Å².